The molecular formula is C26H35N3O3. The minimum Gasteiger partial charge on any atom is -0.477 e. The van der Waals surface area contributed by atoms with E-state index in [4.69, 9.17) is 0 Å². The van der Waals surface area contributed by atoms with Gasteiger partial charge in [0.15, 0.2) is 0 Å². The van der Waals surface area contributed by atoms with Gasteiger partial charge in [0.2, 0.25) is 5.91 Å². The van der Waals surface area contributed by atoms with Crippen LogP contribution >= 0.6 is 0 Å². The molecule has 1 aromatic carbocycles. The molecule has 6 nitrogen and oxygen atoms in total. The number of carbonyl (C=O) groups excluding carboxylic acids is 1. The van der Waals surface area contributed by atoms with Crippen LogP contribution in [0.2, 0.25) is 0 Å². The van der Waals surface area contributed by atoms with E-state index in [2.05, 4.69) is 30.1 Å². The zero-order valence-corrected chi connectivity index (χ0v) is 19.4. The zero-order chi connectivity index (χ0) is 22.6. The summed E-state index contributed by atoms with van der Waals surface area (Å²) < 4.78 is 1.73. The number of anilines is 1. The maximum absolute atomic E-state index is 13.0. The summed E-state index contributed by atoms with van der Waals surface area (Å²) in [7, 11) is 1.79. The molecule has 6 rings (SSSR count). The maximum Gasteiger partial charge on any atom is 0.352 e. The molecule has 0 spiro atoms. The second-order valence-electron chi connectivity index (χ2n) is 10.9. The second-order valence-corrected chi connectivity index (χ2v) is 10.9. The van der Waals surface area contributed by atoms with E-state index in [1.165, 1.54) is 19.3 Å². The number of rotatable bonds is 5. The molecule has 2 aromatic rings. The van der Waals surface area contributed by atoms with Crippen molar-refractivity contribution in [3.05, 3.63) is 30.0 Å². The molecule has 3 aliphatic carbocycles. The van der Waals surface area contributed by atoms with Gasteiger partial charge in [-0.2, -0.15) is 0 Å². The fourth-order valence-corrected chi connectivity index (χ4v) is 6.73. The van der Waals surface area contributed by atoms with Crippen LogP contribution in [0.25, 0.3) is 10.9 Å². The van der Waals surface area contributed by atoms with Gasteiger partial charge >= 0.3 is 5.97 Å². The number of amides is 1. The minimum absolute atomic E-state index is 0.00757. The Labute approximate surface area is 190 Å². The van der Waals surface area contributed by atoms with Crippen LogP contribution < -0.4 is 10.2 Å². The van der Waals surface area contributed by atoms with Gasteiger partial charge in [-0.25, -0.2) is 4.79 Å². The molecule has 32 heavy (non-hydrogen) atoms. The van der Waals surface area contributed by atoms with Crippen molar-refractivity contribution in [3.8, 4) is 0 Å². The molecule has 1 saturated heterocycles. The number of piperidine rings is 1. The highest BCUT2D eigenvalue weighted by molar-refractivity contribution is 5.95. The van der Waals surface area contributed by atoms with Gasteiger partial charge in [-0.1, -0.05) is 19.9 Å². The van der Waals surface area contributed by atoms with E-state index in [1.54, 1.807) is 17.7 Å². The number of fused-ring (bicyclic) bond motifs is 3. The monoisotopic (exact) mass is 437 g/mol. The highest BCUT2D eigenvalue weighted by atomic mass is 16.4. The van der Waals surface area contributed by atoms with Crippen LogP contribution in [0, 0.1) is 29.1 Å². The maximum atomic E-state index is 13.0. The van der Waals surface area contributed by atoms with Crippen LogP contribution in [0.1, 0.15) is 56.4 Å². The van der Waals surface area contributed by atoms with Crippen LogP contribution in [0.4, 0.5) is 5.69 Å². The highest BCUT2D eigenvalue weighted by Gasteiger charge is 2.54. The number of nitrogens with one attached hydrogen (secondary N) is 1. The van der Waals surface area contributed by atoms with E-state index in [-0.39, 0.29) is 17.5 Å². The fourth-order valence-electron chi connectivity index (χ4n) is 6.73. The lowest BCUT2D eigenvalue weighted by atomic mass is 9.45. The minimum atomic E-state index is -0.918. The van der Waals surface area contributed by atoms with Crippen molar-refractivity contribution in [2.24, 2.45) is 36.1 Å². The number of hydrogen-bond donors (Lipinski definition) is 2. The van der Waals surface area contributed by atoms with Crippen molar-refractivity contribution in [1.29, 1.82) is 0 Å². The number of benzene rings is 1. The fraction of sp³-hybridized carbons (Fsp3) is 0.615. The van der Waals surface area contributed by atoms with Gasteiger partial charge in [-0.05, 0) is 73.5 Å². The van der Waals surface area contributed by atoms with Crippen molar-refractivity contribution in [1.82, 2.24) is 9.88 Å². The molecule has 1 aliphatic heterocycles. The molecule has 0 unspecified atom stereocenters. The van der Waals surface area contributed by atoms with Crippen LogP contribution in [-0.2, 0) is 11.8 Å². The van der Waals surface area contributed by atoms with Gasteiger partial charge in [0.25, 0.3) is 0 Å². The zero-order valence-electron chi connectivity index (χ0n) is 19.4. The van der Waals surface area contributed by atoms with Crippen molar-refractivity contribution in [2.75, 3.05) is 24.5 Å². The predicted octanol–water partition coefficient (Wildman–Crippen LogP) is 4.28. The third-order valence-corrected chi connectivity index (χ3v) is 8.95. The van der Waals surface area contributed by atoms with Crippen LogP contribution in [-0.4, -0.2) is 41.2 Å². The van der Waals surface area contributed by atoms with E-state index >= 15 is 0 Å². The van der Waals surface area contributed by atoms with Crippen molar-refractivity contribution < 1.29 is 14.7 Å². The lowest BCUT2D eigenvalue weighted by Crippen LogP contribution is -2.55. The number of aromatic nitrogens is 1. The Morgan fingerprint density at radius 3 is 2.72 bits per heavy atom. The molecule has 4 aliphatic rings. The lowest BCUT2D eigenvalue weighted by molar-refractivity contribution is -0.128. The normalized spacial score (nSPS) is 28.9. The average molecular weight is 438 g/mol. The SMILES string of the molecule is Cn1c(C(=O)O)cc2ccc(N3CCC[C@@H](C(=O)NC[C@@H]4CC[C@H]5C[C@@H]4C5(C)C)C3)cc21. The Hall–Kier alpha value is -2.50. The summed E-state index contributed by atoms with van der Waals surface area (Å²) in [6.07, 6.45) is 5.83. The summed E-state index contributed by atoms with van der Waals surface area (Å²) in [5.74, 6) is 1.56. The van der Waals surface area contributed by atoms with Crippen LogP contribution in [0.3, 0.4) is 0 Å². The Kier molecular flexibility index (Phi) is 5.22. The first-order valence-corrected chi connectivity index (χ1v) is 12.1. The molecule has 6 heteroatoms. The van der Waals surface area contributed by atoms with Crippen LogP contribution in [0.5, 0.6) is 0 Å². The number of carboxylic acids is 1. The molecular weight excluding hydrogens is 402 g/mol. The van der Waals surface area contributed by atoms with E-state index < -0.39 is 5.97 Å². The van der Waals surface area contributed by atoms with Gasteiger partial charge in [0.05, 0.1) is 11.4 Å². The predicted molar refractivity (Wildman–Crippen MR) is 126 cm³/mol. The number of aromatic carboxylic acids is 1. The van der Waals surface area contributed by atoms with E-state index in [0.29, 0.717) is 11.3 Å². The highest BCUT2D eigenvalue weighted by Crippen LogP contribution is 2.61. The lowest BCUT2D eigenvalue weighted by Gasteiger charge is -2.60. The van der Waals surface area contributed by atoms with Crippen molar-refractivity contribution in [2.45, 2.75) is 46.0 Å². The molecule has 4 fully saturated rings. The molecule has 3 saturated carbocycles. The number of carboxylic acid groups (broad SMARTS) is 1. The third-order valence-electron chi connectivity index (χ3n) is 8.95. The molecule has 4 atom stereocenters. The first-order chi connectivity index (χ1) is 15.3. The quantitative estimate of drug-likeness (QED) is 0.732. The smallest absolute Gasteiger partial charge is 0.352 e. The van der Waals surface area contributed by atoms with Crippen LogP contribution in [0.15, 0.2) is 24.3 Å². The first-order valence-electron chi connectivity index (χ1n) is 12.1. The molecule has 2 bridgehead atoms. The summed E-state index contributed by atoms with van der Waals surface area (Å²) >= 11 is 0. The summed E-state index contributed by atoms with van der Waals surface area (Å²) in [5, 5.41) is 13.6. The van der Waals surface area contributed by atoms with E-state index in [1.807, 2.05) is 12.1 Å². The van der Waals surface area contributed by atoms with E-state index in [9.17, 15) is 14.7 Å². The van der Waals surface area contributed by atoms with Gasteiger partial charge in [-0.15, -0.1) is 0 Å². The largest absolute Gasteiger partial charge is 0.477 e. The van der Waals surface area contributed by atoms with Crippen molar-refractivity contribution in [3.63, 3.8) is 0 Å². The second kappa shape index (κ2) is 7.82. The number of nitrogens with zero attached hydrogens (tertiary/aromatic N) is 2. The molecule has 1 aromatic heterocycles. The third kappa shape index (κ3) is 3.48. The van der Waals surface area contributed by atoms with Gasteiger partial charge in [0, 0.05) is 37.8 Å². The van der Waals surface area contributed by atoms with Crippen molar-refractivity contribution >= 4 is 28.5 Å². The van der Waals surface area contributed by atoms with E-state index in [0.717, 1.165) is 60.9 Å². The average Bonchev–Trinajstić information content (AvgIpc) is 3.13. The Balaban J connectivity index is 1.24. The topological polar surface area (TPSA) is 74.6 Å². The Morgan fingerprint density at radius 2 is 2.00 bits per heavy atom. The molecule has 2 N–H and O–H groups in total. The number of aryl methyl sites for hydroxylation is 1. The summed E-state index contributed by atoms with van der Waals surface area (Å²) in [6.45, 7) is 7.27. The Bertz CT molecular complexity index is 1050. The molecule has 2 heterocycles. The Morgan fingerprint density at radius 1 is 1.19 bits per heavy atom. The summed E-state index contributed by atoms with van der Waals surface area (Å²) in [6, 6.07) is 7.80. The molecule has 172 valence electrons. The number of hydrogen-bond acceptors (Lipinski definition) is 3. The standard InChI is InChI=1S/C26H35N3O3/c1-26(2)19-8-6-17(21(26)12-19)14-27-24(30)18-5-4-10-29(15-18)20-9-7-16-11-23(25(31)32)28(3)22(16)13-20/h7,9,11,13,17-19,21H,4-6,8,10,12,14-15H2,1-3H3,(H,27,30)(H,31,32)/t17-,18+,19-,21-/m0/s1. The first kappa shape index (κ1) is 21.4. The van der Waals surface area contributed by atoms with Gasteiger partial charge < -0.3 is 19.9 Å². The van der Waals surface area contributed by atoms with Gasteiger partial charge in [0.1, 0.15) is 5.69 Å². The molecule has 0 radical (unpaired) electrons. The summed E-state index contributed by atoms with van der Waals surface area (Å²) in [4.78, 5) is 26.8. The van der Waals surface area contributed by atoms with Gasteiger partial charge in [-0.3, -0.25) is 4.79 Å². The molecule has 1 amide bonds. The summed E-state index contributed by atoms with van der Waals surface area (Å²) in [5.41, 5.74) is 2.70. The number of carbonyl (C=O) groups is 2.